The molecule has 0 saturated carbocycles. The zero-order valence-electron chi connectivity index (χ0n) is 11.8. The Hall–Kier alpha value is -0.940. The Morgan fingerprint density at radius 2 is 2.10 bits per heavy atom. The summed E-state index contributed by atoms with van der Waals surface area (Å²) in [5.41, 5.74) is 0.289. The lowest BCUT2D eigenvalue weighted by atomic mass is 10.2. The molecular formula is C14H19BrClNO3. The third-order valence-corrected chi connectivity index (χ3v) is 2.74. The van der Waals surface area contributed by atoms with Gasteiger partial charge in [0, 0.05) is 22.5 Å². The van der Waals surface area contributed by atoms with E-state index in [-0.39, 0.29) is 0 Å². The molecule has 0 aliphatic heterocycles. The molecule has 0 aliphatic rings. The van der Waals surface area contributed by atoms with E-state index in [4.69, 9.17) is 21.1 Å². The number of halogens is 2. The van der Waals surface area contributed by atoms with Crippen LogP contribution < -0.4 is 10.1 Å². The van der Waals surface area contributed by atoms with E-state index in [2.05, 4.69) is 21.2 Å². The number of carbonyl (C=O) groups is 1. The topological polar surface area (TPSA) is 47.6 Å². The van der Waals surface area contributed by atoms with Gasteiger partial charge >= 0.3 is 6.09 Å². The minimum Gasteiger partial charge on any atom is -0.492 e. The van der Waals surface area contributed by atoms with Crippen molar-refractivity contribution in [2.24, 2.45) is 0 Å². The Kier molecular flexibility index (Phi) is 6.62. The average Bonchev–Trinajstić information content (AvgIpc) is 2.33. The summed E-state index contributed by atoms with van der Waals surface area (Å²) in [5, 5.41) is 4.01. The maximum Gasteiger partial charge on any atom is 0.407 e. The van der Waals surface area contributed by atoms with Crippen molar-refractivity contribution in [1.29, 1.82) is 0 Å². The van der Waals surface area contributed by atoms with E-state index < -0.39 is 11.7 Å². The summed E-state index contributed by atoms with van der Waals surface area (Å²) in [5.74, 6) is 0.699. The van der Waals surface area contributed by atoms with Crippen LogP contribution in [0.15, 0.2) is 18.2 Å². The lowest BCUT2D eigenvalue weighted by molar-refractivity contribution is 0.0523. The molecule has 1 amide bonds. The van der Waals surface area contributed by atoms with Crippen LogP contribution in [0.25, 0.3) is 0 Å². The van der Waals surface area contributed by atoms with Gasteiger partial charge in [-0.2, -0.15) is 0 Å². The first-order valence-corrected chi connectivity index (χ1v) is 7.76. The number of nitrogens with one attached hydrogen (secondary N) is 1. The van der Waals surface area contributed by atoms with Crippen molar-refractivity contribution >= 4 is 33.6 Å². The molecule has 1 aromatic carbocycles. The molecule has 0 unspecified atom stereocenters. The second-order valence-corrected chi connectivity index (χ2v) is 6.37. The van der Waals surface area contributed by atoms with Crippen LogP contribution in [0.5, 0.6) is 5.75 Å². The van der Waals surface area contributed by atoms with Gasteiger partial charge in [-0.15, -0.1) is 0 Å². The van der Waals surface area contributed by atoms with Crippen LogP contribution in [0.4, 0.5) is 4.79 Å². The van der Waals surface area contributed by atoms with E-state index in [0.717, 1.165) is 10.9 Å². The molecule has 0 aliphatic carbocycles. The zero-order valence-corrected chi connectivity index (χ0v) is 14.2. The van der Waals surface area contributed by atoms with E-state index in [0.29, 0.717) is 23.9 Å². The van der Waals surface area contributed by atoms with E-state index in [1.165, 1.54) is 0 Å². The third-order valence-electron chi connectivity index (χ3n) is 2.18. The molecule has 1 N–H and O–H groups in total. The monoisotopic (exact) mass is 363 g/mol. The molecule has 6 heteroatoms. The summed E-state index contributed by atoms with van der Waals surface area (Å²) in [4.78, 5) is 11.6. The fourth-order valence-electron chi connectivity index (χ4n) is 1.46. The van der Waals surface area contributed by atoms with Gasteiger partial charge in [0.15, 0.2) is 0 Å². The third kappa shape index (κ3) is 6.48. The Bertz CT molecular complexity index is 460. The summed E-state index contributed by atoms with van der Waals surface area (Å²) in [6, 6.07) is 5.31. The van der Waals surface area contributed by atoms with Gasteiger partial charge in [-0.3, -0.25) is 0 Å². The Balaban J connectivity index is 2.66. The maximum atomic E-state index is 11.6. The van der Waals surface area contributed by atoms with Crippen molar-refractivity contribution < 1.29 is 14.3 Å². The highest BCUT2D eigenvalue weighted by Gasteiger charge is 2.16. The number of carbonyl (C=O) groups excluding carboxylic acids is 1. The van der Waals surface area contributed by atoms with Crippen LogP contribution >= 0.6 is 27.5 Å². The quantitative estimate of drug-likeness (QED) is 0.799. The van der Waals surface area contributed by atoms with Gasteiger partial charge in [-0.05, 0) is 39.0 Å². The standard InChI is InChI=1S/C14H19BrClNO3/c1-14(2,3)20-13(18)17-9-10-8-11(16)4-5-12(10)19-7-6-15/h4-5,8H,6-7,9H2,1-3H3,(H,17,18). The van der Waals surface area contributed by atoms with Crippen molar-refractivity contribution in [3.8, 4) is 5.75 Å². The molecule has 4 nitrogen and oxygen atoms in total. The van der Waals surface area contributed by atoms with Crippen LogP contribution in [0.2, 0.25) is 5.02 Å². The largest absolute Gasteiger partial charge is 0.492 e. The molecule has 0 spiro atoms. The van der Waals surface area contributed by atoms with Crippen LogP contribution in [0.1, 0.15) is 26.3 Å². The van der Waals surface area contributed by atoms with Crippen LogP contribution in [0.3, 0.4) is 0 Å². The molecule has 112 valence electrons. The highest BCUT2D eigenvalue weighted by atomic mass is 79.9. The molecule has 0 bridgehead atoms. The zero-order chi connectivity index (χ0) is 15.2. The smallest absolute Gasteiger partial charge is 0.407 e. The minimum atomic E-state index is -0.520. The van der Waals surface area contributed by atoms with Crippen LogP contribution in [-0.2, 0) is 11.3 Å². The van der Waals surface area contributed by atoms with Crippen LogP contribution in [0, 0.1) is 0 Å². The Morgan fingerprint density at radius 3 is 2.70 bits per heavy atom. The van der Waals surface area contributed by atoms with Crippen molar-refractivity contribution in [2.45, 2.75) is 32.9 Å². The number of ether oxygens (including phenoxy) is 2. The lowest BCUT2D eigenvalue weighted by Crippen LogP contribution is -2.32. The summed E-state index contributed by atoms with van der Waals surface area (Å²) in [6.45, 7) is 6.29. The summed E-state index contributed by atoms with van der Waals surface area (Å²) in [7, 11) is 0. The molecular weight excluding hydrogens is 346 g/mol. The van der Waals surface area contributed by atoms with Gasteiger partial charge in [0.25, 0.3) is 0 Å². The second-order valence-electron chi connectivity index (χ2n) is 5.14. The number of alkyl halides is 1. The first-order valence-electron chi connectivity index (χ1n) is 6.26. The van der Waals surface area contributed by atoms with E-state index in [1.807, 2.05) is 20.8 Å². The summed E-state index contributed by atoms with van der Waals surface area (Å²) < 4.78 is 10.8. The molecule has 0 heterocycles. The number of hydrogen-bond donors (Lipinski definition) is 1. The van der Waals surface area contributed by atoms with E-state index in [9.17, 15) is 4.79 Å². The van der Waals surface area contributed by atoms with E-state index >= 15 is 0 Å². The first kappa shape index (κ1) is 17.1. The van der Waals surface area contributed by atoms with Crippen LogP contribution in [-0.4, -0.2) is 23.6 Å². The fourth-order valence-corrected chi connectivity index (χ4v) is 1.81. The van der Waals surface area contributed by atoms with E-state index in [1.54, 1.807) is 18.2 Å². The average molecular weight is 365 g/mol. The number of rotatable bonds is 5. The van der Waals surface area contributed by atoms with Crippen molar-refractivity contribution in [1.82, 2.24) is 5.32 Å². The van der Waals surface area contributed by atoms with Gasteiger partial charge in [0.2, 0.25) is 0 Å². The van der Waals surface area contributed by atoms with Gasteiger partial charge in [-0.1, -0.05) is 27.5 Å². The molecule has 0 saturated heterocycles. The highest BCUT2D eigenvalue weighted by Crippen LogP contribution is 2.23. The van der Waals surface area contributed by atoms with Gasteiger partial charge in [0.05, 0.1) is 6.61 Å². The van der Waals surface area contributed by atoms with Gasteiger partial charge in [0.1, 0.15) is 11.4 Å². The number of benzene rings is 1. The molecule has 1 rings (SSSR count). The predicted octanol–water partition coefficient (Wildman–Crippen LogP) is 4.14. The summed E-state index contributed by atoms with van der Waals surface area (Å²) in [6.07, 6.45) is -0.469. The molecule has 1 aromatic rings. The van der Waals surface area contributed by atoms with Gasteiger partial charge < -0.3 is 14.8 Å². The normalized spacial score (nSPS) is 11.1. The predicted molar refractivity (Wildman–Crippen MR) is 83.8 cm³/mol. The lowest BCUT2D eigenvalue weighted by Gasteiger charge is -2.20. The van der Waals surface area contributed by atoms with Crippen molar-refractivity contribution in [3.05, 3.63) is 28.8 Å². The highest BCUT2D eigenvalue weighted by molar-refractivity contribution is 9.09. The SMILES string of the molecule is CC(C)(C)OC(=O)NCc1cc(Cl)ccc1OCCBr. The molecule has 20 heavy (non-hydrogen) atoms. The number of hydrogen-bond acceptors (Lipinski definition) is 3. The molecule has 0 radical (unpaired) electrons. The maximum absolute atomic E-state index is 11.6. The fraction of sp³-hybridized carbons (Fsp3) is 0.500. The summed E-state index contributed by atoms with van der Waals surface area (Å²) >= 11 is 9.26. The molecule has 0 fully saturated rings. The number of alkyl carbamates (subject to hydrolysis) is 1. The van der Waals surface area contributed by atoms with Crippen molar-refractivity contribution in [2.75, 3.05) is 11.9 Å². The van der Waals surface area contributed by atoms with Crippen molar-refractivity contribution in [3.63, 3.8) is 0 Å². The molecule has 0 aromatic heterocycles. The Morgan fingerprint density at radius 1 is 1.40 bits per heavy atom. The number of amides is 1. The minimum absolute atomic E-state index is 0.299. The molecule has 0 atom stereocenters. The Labute approximate surface area is 132 Å². The second kappa shape index (κ2) is 7.74. The first-order chi connectivity index (χ1) is 9.31. The van der Waals surface area contributed by atoms with Gasteiger partial charge in [-0.25, -0.2) is 4.79 Å².